The molecule has 1 aromatic heterocycles. The van der Waals surface area contributed by atoms with Crippen molar-refractivity contribution in [2.24, 2.45) is 0 Å². The summed E-state index contributed by atoms with van der Waals surface area (Å²) in [5.41, 5.74) is 0.512. The van der Waals surface area contributed by atoms with E-state index in [-0.39, 0.29) is 12.0 Å². The number of piperazine rings is 1. The van der Waals surface area contributed by atoms with Gasteiger partial charge in [-0.25, -0.2) is 4.79 Å². The van der Waals surface area contributed by atoms with Crippen LogP contribution in [-0.2, 0) is 16.1 Å². The van der Waals surface area contributed by atoms with Gasteiger partial charge in [-0.2, -0.15) is 5.10 Å². The lowest BCUT2D eigenvalue weighted by Crippen LogP contribution is -2.51. The van der Waals surface area contributed by atoms with Gasteiger partial charge >= 0.3 is 6.09 Å². The van der Waals surface area contributed by atoms with Crippen LogP contribution in [0.15, 0.2) is 10.7 Å². The summed E-state index contributed by atoms with van der Waals surface area (Å²) in [5.74, 6) is 0.0878. The molecule has 0 aliphatic carbocycles. The highest BCUT2D eigenvalue weighted by Gasteiger charge is 2.27. The second kappa shape index (κ2) is 7.55. The van der Waals surface area contributed by atoms with Crippen molar-refractivity contribution in [2.75, 3.05) is 26.2 Å². The number of halogens is 1. The van der Waals surface area contributed by atoms with Crippen molar-refractivity contribution < 1.29 is 14.3 Å². The molecule has 0 N–H and O–H groups in total. The third-order valence-corrected chi connectivity index (χ3v) is 4.64. The third-order valence-electron chi connectivity index (χ3n) is 3.86. The fourth-order valence-corrected chi connectivity index (χ4v) is 2.77. The van der Waals surface area contributed by atoms with Gasteiger partial charge in [-0.3, -0.25) is 9.48 Å². The third kappa shape index (κ3) is 4.96. The summed E-state index contributed by atoms with van der Waals surface area (Å²) in [4.78, 5) is 27.8. The van der Waals surface area contributed by atoms with Gasteiger partial charge in [-0.1, -0.05) is 0 Å². The zero-order valence-electron chi connectivity index (χ0n) is 14.7. The molecule has 0 spiro atoms. The van der Waals surface area contributed by atoms with Gasteiger partial charge in [0.1, 0.15) is 5.60 Å². The monoisotopic (exact) mass is 400 g/mol. The number of ether oxygens (including phenoxy) is 1. The summed E-state index contributed by atoms with van der Waals surface area (Å²) >= 11 is 3.41. The molecule has 1 saturated heterocycles. The van der Waals surface area contributed by atoms with Crippen molar-refractivity contribution in [1.82, 2.24) is 19.6 Å². The van der Waals surface area contributed by atoms with Crippen LogP contribution in [-0.4, -0.2) is 63.4 Å². The zero-order chi connectivity index (χ0) is 17.9. The predicted molar refractivity (Wildman–Crippen MR) is 93.7 cm³/mol. The maximum Gasteiger partial charge on any atom is 0.410 e. The summed E-state index contributed by atoms with van der Waals surface area (Å²) in [6.45, 7) is 10.2. The molecule has 134 valence electrons. The van der Waals surface area contributed by atoms with Gasteiger partial charge in [-0.05, 0) is 43.6 Å². The Labute approximate surface area is 151 Å². The van der Waals surface area contributed by atoms with Crippen LogP contribution in [0.2, 0.25) is 0 Å². The van der Waals surface area contributed by atoms with E-state index in [1.165, 1.54) is 0 Å². The largest absolute Gasteiger partial charge is 0.444 e. The van der Waals surface area contributed by atoms with Gasteiger partial charge in [-0.15, -0.1) is 0 Å². The Morgan fingerprint density at radius 1 is 1.21 bits per heavy atom. The van der Waals surface area contributed by atoms with Crippen LogP contribution < -0.4 is 0 Å². The van der Waals surface area contributed by atoms with Crippen molar-refractivity contribution in [3.63, 3.8) is 0 Å². The molecule has 7 nitrogen and oxygen atoms in total. The first-order chi connectivity index (χ1) is 11.2. The van der Waals surface area contributed by atoms with E-state index in [1.807, 2.05) is 32.4 Å². The van der Waals surface area contributed by atoms with Crippen LogP contribution >= 0.6 is 15.9 Å². The normalized spacial score (nSPS) is 15.5. The first-order valence-corrected chi connectivity index (χ1v) is 8.90. The molecule has 2 amide bonds. The minimum atomic E-state index is -0.500. The summed E-state index contributed by atoms with van der Waals surface area (Å²) in [5, 5.41) is 4.23. The Morgan fingerprint density at radius 3 is 2.29 bits per heavy atom. The van der Waals surface area contributed by atoms with Crippen molar-refractivity contribution in [3.05, 3.63) is 16.4 Å². The smallest absolute Gasteiger partial charge is 0.410 e. The highest BCUT2D eigenvalue weighted by molar-refractivity contribution is 9.10. The Balaban J connectivity index is 1.78. The zero-order valence-corrected chi connectivity index (χ0v) is 16.3. The predicted octanol–water partition coefficient (Wildman–Crippen LogP) is 2.42. The van der Waals surface area contributed by atoms with Crippen LogP contribution in [0.5, 0.6) is 0 Å². The summed E-state index contributed by atoms with van der Waals surface area (Å²) in [7, 11) is 0. The molecule has 0 unspecified atom stereocenters. The lowest BCUT2D eigenvalue weighted by Gasteiger charge is -2.35. The van der Waals surface area contributed by atoms with Crippen molar-refractivity contribution in [1.29, 1.82) is 0 Å². The van der Waals surface area contributed by atoms with Gasteiger partial charge in [0.2, 0.25) is 5.91 Å². The highest BCUT2D eigenvalue weighted by Crippen LogP contribution is 2.15. The Hall–Kier alpha value is -1.57. The molecule has 1 aromatic rings. The number of aromatic nitrogens is 2. The average molecular weight is 401 g/mol. The second-order valence-electron chi connectivity index (χ2n) is 6.90. The number of aryl methyl sites for hydroxylation is 1. The Morgan fingerprint density at radius 2 is 1.79 bits per heavy atom. The van der Waals surface area contributed by atoms with Crippen LogP contribution in [0.4, 0.5) is 4.79 Å². The molecule has 1 aliphatic heterocycles. The summed E-state index contributed by atoms with van der Waals surface area (Å²) in [6.07, 6.45) is 1.83. The molecule has 0 aromatic carbocycles. The van der Waals surface area contributed by atoms with Crippen LogP contribution in [0.3, 0.4) is 0 Å². The van der Waals surface area contributed by atoms with Crippen molar-refractivity contribution in [2.45, 2.75) is 46.3 Å². The van der Waals surface area contributed by atoms with Crippen LogP contribution in [0.25, 0.3) is 0 Å². The van der Waals surface area contributed by atoms with E-state index in [1.54, 1.807) is 16.0 Å². The second-order valence-corrected chi connectivity index (χ2v) is 7.75. The number of carbonyl (C=O) groups is 2. The van der Waals surface area contributed by atoms with E-state index >= 15 is 0 Å². The molecule has 0 radical (unpaired) electrons. The lowest BCUT2D eigenvalue weighted by atomic mass is 10.2. The first-order valence-electron chi connectivity index (χ1n) is 8.11. The van der Waals surface area contributed by atoms with E-state index in [2.05, 4.69) is 21.0 Å². The number of amides is 2. The number of carbonyl (C=O) groups excluding carboxylic acids is 2. The van der Waals surface area contributed by atoms with E-state index in [0.29, 0.717) is 39.1 Å². The fourth-order valence-electron chi connectivity index (χ4n) is 2.47. The summed E-state index contributed by atoms with van der Waals surface area (Å²) in [6, 6.07) is 0. The van der Waals surface area contributed by atoms with Gasteiger partial charge in [0.25, 0.3) is 0 Å². The minimum absolute atomic E-state index is 0.0878. The topological polar surface area (TPSA) is 67.7 Å². The molecule has 1 fully saturated rings. The number of rotatable bonds is 3. The molecule has 2 rings (SSSR count). The highest BCUT2D eigenvalue weighted by atomic mass is 79.9. The van der Waals surface area contributed by atoms with E-state index in [0.717, 1.165) is 10.2 Å². The van der Waals surface area contributed by atoms with Gasteiger partial charge < -0.3 is 14.5 Å². The quantitative estimate of drug-likeness (QED) is 0.780. The standard InChI is InChI=1S/C16H25BrN4O3/c1-12-13(17)11-18-21(12)6-5-14(22)19-7-9-20(10-8-19)15(23)24-16(2,3)4/h11H,5-10H2,1-4H3. The first kappa shape index (κ1) is 18.8. The van der Waals surface area contributed by atoms with Gasteiger partial charge in [0.05, 0.1) is 10.7 Å². The molecular formula is C16H25BrN4O3. The number of nitrogens with zero attached hydrogens (tertiary/aromatic N) is 4. The molecule has 0 saturated carbocycles. The molecule has 1 aliphatic rings. The Kier molecular flexibility index (Phi) is 5.90. The fraction of sp³-hybridized carbons (Fsp3) is 0.688. The molecule has 0 bridgehead atoms. The average Bonchev–Trinajstić information content (AvgIpc) is 2.83. The Bertz CT molecular complexity index is 601. The number of hydrogen-bond donors (Lipinski definition) is 0. The van der Waals surface area contributed by atoms with E-state index in [4.69, 9.17) is 4.74 Å². The number of hydrogen-bond acceptors (Lipinski definition) is 4. The summed E-state index contributed by atoms with van der Waals surface area (Å²) < 4.78 is 8.12. The molecule has 8 heteroatoms. The van der Waals surface area contributed by atoms with Crippen LogP contribution in [0, 0.1) is 6.92 Å². The van der Waals surface area contributed by atoms with Crippen molar-refractivity contribution in [3.8, 4) is 0 Å². The van der Waals surface area contributed by atoms with Crippen molar-refractivity contribution >= 4 is 27.9 Å². The van der Waals surface area contributed by atoms with E-state index < -0.39 is 5.60 Å². The van der Waals surface area contributed by atoms with Gasteiger partial charge in [0, 0.05) is 44.8 Å². The van der Waals surface area contributed by atoms with Crippen LogP contribution in [0.1, 0.15) is 32.9 Å². The van der Waals surface area contributed by atoms with Gasteiger partial charge in [0.15, 0.2) is 0 Å². The minimum Gasteiger partial charge on any atom is -0.444 e. The lowest BCUT2D eigenvalue weighted by molar-refractivity contribution is -0.133. The maximum absolute atomic E-state index is 12.3. The SMILES string of the molecule is Cc1c(Br)cnn1CCC(=O)N1CCN(C(=O)OC(C)(C)C)CC1. The molecule has 2 heterocycles. The molecule has 0 atom stereocenters. The van der Waals surface area contributed by atoms with E-state index in [9.17, 15) is 9.59 Å². The molecular weight excluding hydrogens is 376 g/mol. The molecule has 24 heavy (non-hydrogen) atoms. The maximum atomic E-state index is 12.3.